The van der Waals surface area contributed by atoms with Gasteiger partial charge in [0.15, 0.2) is 0 Å². The van der Waals surface area contributed by atoms with E-state index in [1.54, 1.807) is 24.1 Å². The van der Waals surface area contributed by atoms with Crippen LogP contribution in [0.2, 0.25) is 0 Å². The van der Waals surface area contributed by atoms with E-state index >= 15 is 0 Å². The highest BCUT2D eigenvalue weighted by Crippen LogP contribution is 2.20. The van der Waals surface area contributed by atoms with Gasteiger partial charge in [-0.15, -0.1) is 0 Å². The minimum absolute atomic E-state index is 0.0454. The van der Waals surface area contributed by atoms with Crippen molar-refractivity contribution in [1.29, 1.82) is 0 Å². The molecule has 1 amide bonds. The van der Waals surface area contributed by atoms with Gasteiger partial charge in [-0.2, -0.15) is 0 Å². The van der Waals surface area contributed by atoms with Gasteiger partial charge in [0.05, 0.1) is 6.04 Å². The summed E-state index contributed by atoms with van der Waals surface area (Å²) in [6.45, 7) is 2.55. The third kappa shape index (κ3) is 4.11. The average Bonchev–Trinajstić information content (AvgIpc) is 2.38. The molecule has 4 heteroatoms. The predicted octanol–water partition coefficient (Wildman–Crippen LogP) is 2.47. The number of amides is 1. The van der Waals surface area contributed by atoms with Gasteiger partial charge in [-0.3, -0.25) is 4.79 Å². The quantitative estimate of drug-likeness (QED) is 0.791. The first kappa shape index (κ1) is 14.6. The van der Waals surface area contributed by atoms with Crippen molar-refractivity contribution in [2.75, 3.05) is 13.6 Å². The molecule has 1 atom stereocenters. The Morgan fingerprint density at radius 3 is 2.50 bits per heavy atom. The summed E-state index contributed by atoms with van der Waals surface area (Å²) in [4.78, 5) is 13.6. The smallest absolute Gasteiger partial charge is 0.222 e. The topological polar surface area (TPSA) is 46.3 Å². The number of hydrogen-bond acceptors (Lipinski definition) is 2. The molecule has 1 aromatic rings. The van der Waals surface area contributed by atoms with Crippen molar-refractivity contribution in [1.82, 2.24) is 4.90 Å². The second-order valence-electron chi connectivity index (χ2n) is 4.48. The second kappa shape index (κ2) is 7.11. The Bertz CT molecular complexity index is 378. The van der Waals surface area contributed by atoms with Gasteiger partial charge in [0.25, 0.3) is 0 Å². The Balaban J connectivity index is 2.57. The summed E-state index contributed by atoms with van der Waals surface area (Å²) >= 11 is 0. The van der Waals surface area contributed by atoms with E-state index in [9.17, 15) is 9.18 Å². The second-order valence-corrected chi connectivity index (χ2v) is 4.48. The maximum atomic E-state index is 12.8. The Morgan fingerprint density at radius 1 is 1.33 bits per heavy atom. The van der Waals surface area contributed by atoms with Gasteiger partial charge in [-0.05, 0) is 44.0 Å². The standard InChI is InChI=1S/C14H21FN2O/c1-11(12-6-8-13(15)9-7-12)17(2)14(18)5-3-4-10-16/h6-9,11H,3-5,10,16H2,1-2H3. The van der Waals surface area contributed by atoms with E-state index in [1.165, 1.54) is 12.1 Å². The van der Waals surface area contributed by atoms with Gasteiger partial charge in [0.2, 0.25) is 5.91 Å². The van der Waals surface area contributed by atoms with Crippen LogP contribution in [0, 0.1) is 5.82 Å². The van der Waals surface area contributed by atoms with Crippen molar-refractivity contribution < 1.29 is 9.18 Å². The van der Waals surface area contributed by atoms with E-state index in [1.807, 2.05) is 6.92 Å². The molecule has 0 radical (unpaired) electrons. The molecule has 0 heterocycles. The molecule has 1 aromatic carbocycles. The van der Waals surface area contributed by atoms with Gasteiger partial charge in [-0.1, -0.05) is 12.1 Å². The fourth-order valence-electron chi connectivity index (χ4n) is 1.78. The summed E-state index contributed by atoms with van der Waals surface area (Å²) in [5.74, 6) is -0.164. The first-order valence-corrected chi connectivity index (χ1v) is 6.27. The van der Waals surface area contributed by atoms with E-state index in [2.05, 4.69) is 0 Å². The van der Waals surface area contributed by atoms with E-state index in [0.29, 0.717) is 13.0 Å². The molecule has 0 saturated carbocycles. The lowest BCUT2D eigenvalue weighted by Crippen LogP contribution is -2.29. The summed E-state index contributed by atoms with van der Waals surface area (Å²) < 4.78 is 12.8. The van der Waals surface area contributed by atoms with Crippen molar-refractivity contribution in [2.45, 2.75) is 32.2 Å². The van der Waals surface area contributed by atoms with Crippen molar-refractivity contribution in [3.05, 3.63) is 35.6 Å². The molecule has 1 unspecified atom stereocenters. The fourth-order valence-corrected chi connectivity index (χ4v) is 1.78. The number of rotatable bonds is 6. The molecule has 3 nitrogen and oxygen atoms in total. The van der Waals surface area contributed by atoms with Crippen LogP contribution >= 0.6 is 0 Å². The van der Waals surface area contributed by atoms with Crippen LogP contribution in [0.1, 0.15) is 37.8 Å². The van der Waals surface area contributed by atoms with E-state index in [4.69, 9.17) is 5.73 Å². The number of benzene rings is 1. The minimum Gasteiger partial charge on any atom is -0.339 e. The van der Waals surface area contributed by atoms with E-state index in [-0.39, 0.29) is 17.8 Å². The molecule has 0 spiro atoms. The maximum Gasteiger partial charge on any atom is 0.222 e. The molecule has 0 aliphatic rings. The molecule has 100 valence electrons. The molecule has 2 N–H and O–H groups in total. The molecule has 0 aliphatic heterocycles. The summed E-state index contributed by atoms with van der Waals surface area (Å²) in [5, 5.41) is 0. The molecular formula is C14H21FN2O. The summed E-state index contributed by atoms with van der Waals surface area (Å²) in [6, 6.07) is 6.21. The number of unbranched alkanes of at least 4 members (excludes halogenated alkanes) is 1. The van der Waals surface area contributed by atoms with Crippen LogP contribution < -0.4 is 5.73 Å². The Morgan fingerprint density at radius 2 is 1.94 bits per heavy atom. The molecule has 18 heavy (non-hydrogen) atoms. The first-order chi connectivity index (χ1) is 8.56. The van der Waals surface area contributed by atoms with Crippen LogP contribution in [0.25, 0.3) is 0 Å². The Labute approximate surface area is 108 Å². The van der Waals surface area contributed by atoms with Crippen molar-refractivity contribution in [3.63, 3.8) is 0 Å². The third-order valence-corrected chi connectivity index (χ3v) is 3.17. The fraction of sp³-hybridized carbons (Fsp3) is 0.500. The van der Waals surface area contributed by atoms with E-state index < -0.39 is 0 Å². The Hall–Kier alpha value is -1.42. The number of hydrogen-bond donors (Lipinski definition) is 1. The highest BCUT2D eigenvalue weighted by Gasteiger charge is 2.16. The van der Waals surface area contributed by atoms with Crippen molar-refractivity contribution in [2.24, 2.45) is 5.73 Å². The Kier molecular flexibility index (Phi) is 5.78. The molecule has 0 saturated heterocycles. The summed E-state index contributed by atoms with van der Waals surface area (Å²) in [7, 11) is 1.78. The molecule has 1 rings (SSSR count). The van der Waals surface area contributed by atoms with Crippen LogP contribution in [-0.2, 0) is 4.79 Å². The number of halogens is 1. The monoisotopic (exact) mass is 252 g/mol. The zero-order valence-corrected chi connectivity index (χ0v) is 11.0. The van der Waals surface area contributed by atoms with Gasteiger partial charge in [0, 0.05) is 13.5 Å². The number of carbonyl (C=O) groups is 1. The number of nitrogens with two attached hydrogens (primary N) is 1. The van der Waals surface area contributed by atoms with Gasteiger partial charge in [-0.25, -0.2) is 4.39 Å². The van der Waals surface area contributed by atoms with E-state index in [0.717, 1.165) is 18.4 Å². The molecular weight excluding hydrogens is 231 g/mol. The molecule has 0 aliphatic carbocycles. The molecule has 0 bridgehead atoms. The van der Waals surface area contributed by atoms with Gasteiger partial charge >= 0.3 is 0 Å². The summed E-state index contributed by atoms with van der Waals surface area (Å²) in [5.41, 5.74) is 6.33. The van der Waals surface area contributed by atoms with Crippen molar-refractivity contribution >= 4 is 5.91 Å². The van der Waals surface area contributed by atoms with Crippen LogP contribution in [-0.4, -0.2) is 24.4 Å². The number of nitrogens with zero attached hydrogens (tertiary/aromatic N) is 1. The SMILES string of the molecule is CC(c1ccc(F)cc1)N(C)C(=O)CCCCN. The highest BCUT2D eigenvalue weighted by atomic mass is 19.1. The lowest BCUT2D eigenvalue weighted by atomic mass is 10.1. The zero-order valence-electron chi connectivity index (χ0n) is 11.0. The van der Waals surface area contributed by atoms with Gasteiger partial charge in [0.1, 0.15) is 5.82 Å². The van der Waals surface area contributed by atoms with Crippen LogP contribution in [0.5, 0.6) is 0 Å². The molecule has 0 aromatic heterocycles. The van der Waals surface area contributed by atoms with Crippen LogP contribution in [0.15, 0.2) is 24.3 Å². The van der Waals surface area contributed by atoms with Crippen LogP contribution in [0.4, 0.5) is 4.39 Å². The van der Waals surface area contributed by atoms with Crippen LogP contribution in [0.3, 0.4) is 0 Å². The molecule has 0 fully saturated rings. The summed E-state index contributed by atoms with van der Waals surface area (Å²) in [6.07, 6.45) is 2.19. The lowest BCUT2D eigenvalue weighted by Gasteiger charge is -2.25. The lowest BCUT2D eigenvalue weighted by molar-refractivity contribution is -0.131. The third-order valence-electron chi connectivity index (χ3n) is 3.17. The minimum atomic E-state index is -0.261. The first-order valence-electron chi connectivity index (χ1n) is 6.27. The average molecular weight is 252 g/mol. The van der Waals surface area contributed by atoms with Crippen molar-refractivity contribution in [3.8, 4) is 0 Å². The zero-order chi connectivity index (χ0) is 13.5. The number of carbonyl (C=O) groups excluding carboxylic acids is 1. The largest absolute Gasteiger partial charge is 0.339 e. The normalized spacial score (nSPS) is 12.2. The predicted molar refractivity (Wildman–Crippen MR) is 70.5 cm³/mol. The highest BCUT2D eigenvalue weighted by molar-refractivity contribution is 5.76. The van der Waals surface area contributed by atoms with Gasteiger partial charge < -0.3 is 10.6 Å². The maximum absolute atomic E-state index is 12.8.